The summed E-state index contributed by atoms with van der Waals surface area (Å²) in [6.07, 6.45) is -1.48. The number of aliphatic hydroxyl groups is 4. The van der Waals surface area contributed by atoms with Crippen LogP contribution in [0.25, 0.3) is 0 Å². The van der Waals surface area contributed by atoms with Gasteiger partial charge in [0, 0.05) is 6.42 Å². The van der Waals surface area contributed by atoms with Gasteiger partial charge >= 0.3 is 0 Å². The van der Waals surface area contributed by atoms with E-state index in [1.54, 1.807) is 0 Å². The van der Waals surface area contributed by atoms with Crippen molar-refractivity contribution in [2.24, 2.45) is 0 Å². The summed E-state index contributed by atoms with van der Waals surface area (Å²) in [5, 5.41) is 36.1. The summed E-state index contributed by atoms with van der Waals surface area (Å²) in [6.45, 7) is 2.96. The second-order valence-corrected chi connectivity index (χ2v) is 5.13. The normalized spacial score (nSPS) is 13.8. The van der Waals surface area contributed by atoms with Gasteiger partial charge in [0.15, 0.2) is 6.29 Å². The molecule has 0 aromatic rings. The van der Waals surface area contributed by atoms with E-state index >= 15 is 0 Å². The van der Waals surface area contributed by atoms with Crippen LogP contribution in [0.1, 0.15) is 6.42 Å². The smallest absolute Gasteiger partial charge is 0.157 e. The molecule has 0 aromatic carbocycles. The highest BCUT2D eigenvalue weighted by atomic mass is 16.6. The molecule has 26 heavy (non-hydrogen) atoms. The van der Waals surface area contributed by atoms with Crippen molar-refractivity contribution in [3.63, 3.8) is 0 Å². The van der Waals surface area contributed by atoms with Gasteiger partial charge in [-0.1, -0.05) is 0 Å². The first-order valence-electron chi connectivity index (χ1n) is 8.79. The Morgan fingerprint density at radius 2 is 0.962 bits per heavy atom. The molecular formula is C16H34O10. The number of hydrogen-bond donors (Lipinski definition) is 4. The molecule has 0 heterocycles. The molecule has 0 aliphatic heterocycles. The van der Waals surface area contributed by atoms with E-state index in [0.717, 1.165) is 0 Å². The Balaban J connectivity index is 3.48. The van der Waals surface area contributed by atoms with Gasteiger partial charge in [-0.3, -0.25) is 0 Å². The maximum Gasteiger partial charge on any atom is 0.157 e. The first-order chi connectivity index (χ1) is 12.7. The van der Waals surface area contributed by atoms with Crippen molar-refractivity contribution >= 4 is 0 Å². The second kappa shape index (κ2) is 20.9. The van der Waals surface area contributed by atoms with Gasteiger partial charge in [0.25, 0.3) is 0 Å². The quantitative estimate of drug-likeness (QED) is 0.131. The van der Waals surface area contributed by atoms with Gasteiger partial charge in [-0.15, -0.1) is 0 Å². The number of hydrogen-bond acceptors (Lipinski definition) is 10. The Labute approximate surface area is 154 Å². The molecule has 10 nitrogen and oxygen atoms in total. The highest BCUT2D eigenvalue weighted by Crippen LogP contribution is 2.04. The topological polar surface area (TPSA) is 136 Å². The molecule has 2 atom stereocenters. The zero-order valence-electron chi connectivity index (χ0n) is 15.3. The first-order valence-corrected chi connectivity index (χ1v) is 8.79. The summed E-state index contributed by atoms with van der Waals surface area (Å²) in [7, 11) is 0. The molecule has 2 unspecified atom stereocenters. The summed E-state index contributed by atoms with van der Waals surface area (Å²) < 4.78 is 31.1. The van der Waals surface area contributed by atoms with Gasteiger partial charge in [-0.05, 0) is 0 Å². The van der Waals surface area contributed by atoms with Crippen molar-refractivity contribution in [2.45, 2.75) is 18.8 Å². The van der Waals surface area contributed by atoms with Crippen molar-refractivity contribution < 1.29 is 48.8 Å². The molecule has 0 radical (unpaired) electrons. The van der Waals surface area contributed by atoms with Crippen LogP contribution in [0.15, 0.2) is 0 Å². The van der Waals surface area contributed by atoms with E-state index in [1.165, 1.54) is 0 Å². The molecule has 0 rings (SSSR count). The molecule has 158 valence electrons. The van der Waals surface area contributed by atoms with E-state index in [0.29, 0.717) is 39.6 Å². The van der Waals surface area contributed by atoms with E-state index in [1.807, 2.05) is 0 Å². The zero-order chi connectivity index (χ0) is 19.3. The second-order valence-electron chi connectivity index (χ2n) is 5.13. The standard InChI is InChI=1S/C16H34O10/c17-1-3-21-5-7-23-9-11-25-15(14-19)13-16(20)26-12-10-24-8-6-22-4-2-18/h15-20H,1-14H2. The minimum Gasteiger partial charge on any atom is -0.394 e. The van der Waals surface area contributed by atoms with E-state index in [9.17, 15) is 10.2 Å². The number of aliphatic hydroxyl groups excluding tert-OH is 4. The third-order valence-electron chi connectivity index (χ3n) is 3.00. The van der Waals surface area contributed by atoms with Crippen LogP contribution >= 0.6 is 0 Å². The van der Waals surface area contributed by atoms with Gasteiger partial charge in [-0.25, -0.2) is 0 Å². The molecule has 0 spiro atoms. The zero-order valence-corrected chi connectivity index (χ0v) is 15.3. The molecule has 0 saturated heterocycles. The molecule has 0 aliphatic carbocycles. The number of rotatable bonds is 21. The summed E-state index contributed by atoms with van der Waals surface area (Å²) in [5.74, 6) is 0. The predicted octanol–water partition coefficient (Wildman–Crippen LogP) is -1.86. The van der Waals surface area contributed by atoms with Crippen molar-refractivity contribution in [1.82, 2.24) is 0 Å². The lowest BCUT2D eigenvalue weighted by molar-refractivity contribution is -0.144. The van der Waals surface area contributed by atoms with Crippen molar-refractivity contribution in [3.8, 4) is 0 Å². The lowest BCUT2D eigenvalue weighted by Crippen LogP contribution is -2.28. The summed E-state index contributed by atoms with van der Waals surface area (Å²) in [5.41, 5.74) is 0. The van der Waals surface area contributed by atoms with Crippen LogP contribution in [0.2, 0.25) is 0 Å². The molecule has 0 bridgehead atoms. The van der Waals surface area contributed by atoms with Crippen LogP contribution in [-0.2, 0) is 28.4 Å². The fourth-order valence-corrected chi connectivity index (χ4v) is 1.78. The highest BCUT2D eigenvalue weighted by Gasteiger charge is 2.14. The minimum absolute atomic E-state index is 0.0170. The average molecular weight is 386 g/mol. The molecule has 0 fully saturated rings. The fourth-order valence-electron chi connectivity index (χ4n) is 1.78. The fraction of sp³-hybridized carbons (Fsp3) is 1.00. The van der Waals surface area contributed by atoms with Gasteiger partial charge < -0.3 is 48.8 Å². The van der Waals surface area contributed by atoms with Crippen LogP contribution in [0.5, 0.6) is 0 Å². The van der Waals surface area contributed by atoms with Gasteiger partial charge in [0.1, 0.15) is 0 Å². The number of ether oxygens (including phenoxy) is 6. The minimum atomic E-state index is -1.06. The van der Waals surface area contributed by atoms with Crippen molar-refractivity contribution in [2.75, 3.05) is 85.9 Å². The Hall–Kier alpha value is -0.400. The van der Waals surface area contributed by atoms with Crippen LogP contribution in [0.3, 0.4) is 0 Å². The van der Waals surface area contributed by atoms with Crippen LogP contribution < -0.4 is 0 Å². The summed E-state index contributed by atoms with van der Waals surface area (Å²) in [6, 6.07) is 0. The SMILES string of the molecule is OCCOCCOCCOC(O)CC(CO)OCCOCCOCCO. The van der Waals surface area contributed by atoms with E-state index < -0.39 is 12.4 Å². The Morgan fingerprint density at radius 1 is 0.538 bits per heavy atom. The predicted molar refractivity (Wildman–Crippen MR) is 90.8 cm³/mol. The molecule has 10 heteroatoms. The van der Waals surface area contributed by atoms with Crippen LogP contribution in [0.4, 0.5) is 0 Å². The Kier molecular flexibility index (Phi) is 20.6. The molecule has 4 N–H and O–H groups in total. The maximum atomic E-state index is 9.76. The third-order valence-corrected chi connectivity index (χ3v) is 3.00. The van der Waals surface area contributed by atoms with E-state index in [2.05, 4.69) is 0 Å². The van der Waals surface area contributed by atoms with Crippen LogP contribution in [0, 0.1) is 0 Å². The Morgan fingerprint density at radius 3 is 1.42 bits per heavy atom. The van der Waals surface area contributed by atoms with Gasteiger partial charge in [-0.2, -0.15) is 0 Å². The third kappa shape index (κ3) is 18.4. The molecular weight excluding hydrogens is 352 g/mol. The van der Waals surface area contributed by atoms with E-state index in [4.69, 9.17) is 38.6 Å². The van der Waals surface area contributed by atoms with E-state index in [-0.39, 0.29) is 52.7 Å². The van der Waals surface area contributed by atoms with Crippen molar-refractivity contribution in [3.05, 3.63) is 0 Å². The average Bonchev–Trinajstić information content (AvgIpc) is 2.65. The van der Waals surface area contributed by atoms with Gasteiger partial charge in [0.2, 0.25) is 0 Å². The van der Waals surface area contributed by atoms with Crippen molar-refractivity contribution in [1.29, 1.82) is 0 Å². The maximum absolute atomic E-state index is 9.76. The molecule has 0 saturated carbocycles. The lowest BCUT2D eigenvalue weighted by Gasteiger charge is -2.19. The molecule has 0 aliphatic rings. The summed E-state index contributed by atoms with van der Waals surface area (Å²) in [4.78, 5) is 0. The monoisotopic (exact) mass is 386 g/mol. The first kappa shape index (κ1) is 25.6. The summed E-state index contributed by atoms with van der Waals surface area (Å²) >= 11 is 0. The van der Waals surface area contributed by atoms with Crippen LogP contribution in [-0.4, -0.2) is 119 Å². The molecule has 0 amide bonds. The van der Waals surface area contributed by atoms with Gasteiger partial charge in [0.05, 0.1) is 92.0 Å². The lowest BCUT2D eigenvalue weighted by atomic mass is 10.2. The molecule has 0 aromatic heterocycles. The Bertz CT molecular complexity index is 269. The largest absolute Gasteiger partial charge is 0.394 e. The highest BCUT2D eigenvalue weighted by molar-refractivity contribution is 4.58.